The number of aromatic amines is 1. The number of ether oxygens (including phenoxy) is 1. The van der Waals surface area contributed by atoms with Gasteiger partial charge in [-0.15, -0.1) is 10.2 Å². The fraction of sp³-hybridized carbons (Fsp3) is 0.222. The number of aromatic nitrogens is 4. The zero-order valence-electron chi connectivity index (χ0n) is 14.7. The molecular weight excluding hydrogens is 375 g/mol. The molecule has 1 heterocycles. The van der Waals surface area contributed by atoms with Crippen LogP contribution in [0, 0.1) is 0 Å². The minimum Gasteiger partial charge on any atom is -0.497 e. The second-order valence-corrected chi connectivity index (χ2v) is 5.95. The minimum atomic E-state index is -4.51. The molecule has 0 fully saturated rings. The number of benzene rings is 2. The Kier molecular flexibility index (Phi) is 5.57. The van der Waals surface area contributed by atoms with Gasteiger partial charge in [0, 0.05) is 5.69 Å². The molecule has 3 aromatic rings. The summed E-state index contributed by atoms with van der Waals surface area (Å²) in [6.07, 6.45) is -4.30. The van der Waals surface area contributed by atoms with Gasteiger partial charge in [-0.2, -0.15) is 18.4 Å². The lowest BCUT2D eigenvalue weighted by Gasteiger charge is -2.15. The van der Waals surface area contributed by atoms with E-state index in [1.807, 2.05) is 0 Å². The molecule has 1 aromatic heterocycles. The lowest BCUT2D eigenvalue weighted by Crippen LogP contribution is -2.24. The fourth-order valence-electron chi connectivity index (χ4n) is 2.66. The van der Waals surface area contributed by atoms with Gasteiger partial charge in [-0.05, 0) is 42.3 Å². The molecule has 0 unspecified atom stereocenters. The standard InChI is InChI=1S/C18H16F3N5O2/c1-28-14-7-2-4-11(8-14)9-15(16-23-25-26-24-16)17(27)22-13-6-3-5-12(10-13)18(19,20)21/h2-8,10,15H,9H2,1H3,(H,22,27)(H,23,24,25,26)/t15-/m1/s1. The number of nitrogens with one attached hydrogen (secondary N) is 2. The van der Waals surface area contributed by atoms with E-state index in [0.717, 1.165) is 17.7 Å². The van der Waals surface area contributed by atoms with Crippen LogP contribution in [-0.2, 0) is 17.4 Å². The number of halogens is 3. The number of H-pyrrole nitrogens is 1. The van der Waals surface area contributed by atoms with Crippen molar-refractivity contribution in [3.63, 3.8) is 0 Å². The predicted molar refractivity (Wildman–Crippen MR) is 93.7 cm³/mol. The quantitative estimate of drug-likeness (QED) is 0.673. The maximum absolute atomic E-state index is 12.9. The van der Waals surface area contributed by atoms with E-state index < -0.39 is 23.6 Å². The zero-order valence-corrected chi connectivity index (χ0v) is 14.7. The van der Waals surface area contributed by atoms with Crippen LogP contribution >= 0.6 is 0 Å². The van der Waals surface area contributed by atoms with E-state index in [-0.39, 0.29) is 17.9 Å². The van der Waals surface area contributed by atoms with E-state index in [9.17, 15) is 18.0 Å². The first-order valence-electron chi connectivity index (χ1n) is 8.21. The third kappa shape index (κ3) is 4.64. The van der Waals surface area contributed by atoms with Crippen LogP contribution in [0.25, 0.3) is 0 Å². The highest BCUT2D eigenvalue weighted by molar-refractivity contribution is 5.95. The first kappa shape index (κ1) is 19.3. The second kappa shape index (κ2) is 8.07. The Morgan fingerprint density at radius 3 is 2.68 bits per heavy atom. The summed E-state index contributed by atoms with van der Waals surface area (Å²) in [6.45, 7) is 0. The molecule has 146 valence electrons. The largest absolute Gasteiger partial charge is 0.497 e. The molecule has 7 nitrogen and oxygen atoms in total. The van der Waals surface area contributed by atoms with Crippen LogP contribution in [0.3, 0.4) is 0 Å². The van der Waals surface area contributed by atoms with Crippen LogP contribution in [0.1, 0.15) is 22.9 Å². The number of nitrogens with zero attached hydrogens (tertiary/aromatic N) is 3. The summed E-state index contributed by atoms with van der Waals surface area (Å²) in [5.41, 5.74) is -0.0542. The Bertz CT molecular complexity index is 944. The molecule has 0 aliphatic rings. The average Bonchev–Trinajstić information content (AvgIpc) is 3.20. The van der Waals surface area contributed by atoms with Gasteiger partial charge in [-0.3, -0.25) is 4.79 Å². The van der Waals surface area contributed by atoms with Crippen LogP contribution in [0.4, 0.5) is 18.9 Å². The summed E-state index contributed by atoms with van der Waals surface area (Å²) in [5.74, 6) is -0.668. The van der Waals surface area contributed by atoms with Crippen molar-refractivity contribution in [2.45, 2.75) is 18.5 Å². The Morgan fingerprint density at radius 2 is 2.00 bits per heavy atom. The van der Waals surface area contributed by atoms with E-state index >= 15 is 0 Å². The topological polar surface area (TPSA) is 92.8 Å². The normalized spacial score (nSPS) is 12.4. The van der Waals surface area contributed by atoms with Crippen molar-refractivity contribution in [2.75, 3.05) is 12.4 Å². The monoisotopic (exact) mass is 391 g/mol. The van der Waals surface area contributed by atoms with Crippen molar-refractivity contribution < 1.29 is 22.7 Å². The van der Waals surface area contributed by atoms with Gasteiger partial charge in [0.05, 0.1) is 12.7 Å². The molecule has 10 heteroatoms. The third-order valence-corrected chi connectivity index (χ3v) is 4.02. The number of hydrogen-bond acceptors (Lipinski definition) is 5. The molecular formula is C18H16F3N5O2. The Hall–Kier alpha value is -3.43. The molecule has 2 aromatic carbocycles. The van der Waals surface area contributed by atoms with E-state index in [1.165, 1.54) is 19.2 Å². The molecule has 0 bridgehead atoms. The first-order chi connectivity index (χ1) is 13.4. The molecule has 0 spiro atoms. The van der Waals surface area contributed by atoms with E-state index in [2.05, 4.69) is 25.9 Å². The number of alkyl halides is 3. The molecule has 3 rings (SSSR count). The molecule has 0 aliphatic carbocycles. The summed E-state index contributed by atoms with van der Waals surface area (Å²) in [7, 11) is 1.52. The van der Waals surface area contributed by atoms with Crippen LogP contribution in [0.5, 0.6) is 5.75 Å². The molecule has 0 aliphatic heterocycles. The van der Waals surface area contributed by atoms with Gasteiger partial charge in [0.25, 0.3) is 0 Å². The zero-order chi connectivity index (χ0) is 20.1. The van der Waals surface area contributed by atoms with Gasteiger partial charge >= 0.3 is 6.18 Å². The Labute approximate surface area is 157 Å². The first-order valence-corrected chi connectivity index (χ1v) is 8.21. The fourth-order valence-corrected chi connectivity index (χ4v) is 2.66. The van der Waals surface area contributed by atoms with E-state index in [1.54, 1.807) is 24.3 Å². The predicted octanol–water partition coefficient (Wildman–Crippen LogP) is 3.19. The molecule has 0 saturated heterocycles. The Balaban J connectivity index is 1.84. The van der Waals surface area contributed by atoms with Gasteiger partial charge in [0.2, 0.25) is 5.91 Å². The molecule has 1 amide bonds. The number of methoxy groups -OCH3 is 1. The summed E-state index contributed by atoms with van der Waals surface area (Å²) in [4.78, 5) is 12.8. The van der Waals surface area contributed by atoms with Gasteiger partial charge in [0.15, 0.2) is 5.82 Å². The van der Waals surface area contributed by atoms with Crippen molar-refractivity contribution in [3.05, 3.63) is 65.5 Å². The lowest BCUT2D eigenvalue weighted by atomic mass is 9.97. The van der Waals surface area contributed by atoms with Crippen LogP contribution in [-0.4, -0.2) is 33.6 Å². The van der Waals surface area contributed by atoms with Gasteiger partial charge in [-0.1, -0.05) is 23.4 Å². The molecule has 0 saturated carbocycles. The number of tetrazole rings is 1. The number of carbonyl (C=O) groups is 1. The van der Waals surface area contributed by atoms with E-state index in [4.69, 9.17) is 4.74 Å². The van der Waals surface area contributed by atoms with Crippen molar-refractivity contribution in [1.29, 1.82) is 0 Å². The summed E-state index contributed by atoms with van der Waals surface area (Å²) in [6, 6.07) is 11.5. The number of amides is 1. The third-order valence-electron chi connectivity index (χ3n) is 4.02. The number of anilines is 1. The molecule has 2 N–H and O–H groups in total. The molecule has 1 atom stereocenters. The SMILES string of the molecule is COc1cccc(C[C@@H](C(=O)Nc2cccc(C(F)(F)F)c2)c2nn[nH]n2)c1. The number of rotatable bonds is 6. The average molecular weight is 391 g/mol. The van der Waals surface area contributed by atoms with Crippen LogP contribution < -0.4 is 10.1 Å². The van der Waals surface area contributed by atoms with Gasteiger partial charge in [-0.25, -0.2) is 0 Å². The van der Waals surface area contributed by atoms with Crippen molar-refractivity contribution in [1.82, 2.24) is 20.6 Å². The summed E-state index contributed by atoms with van der Waals surface area (Å²) < 4.78 is 43.8. The highest BCUT2D eigenvalue weighted by atomic mass is 19.4. The Morgan fingerprint density at radius 1 is 1.21 bits per heavy atom. The second-order valence-electron chi connectivity index (χ2n) is 5.95. The van der Waals surface area contributed by atoms with E-state index in [0.29, 0.717) is 5.75 Å². The maximum Gasteiger partial charge on any atom is 0.416 e. The van der Waals surface area contributed by atoms with Gasteiger partial charge < -0.3 is 10.1 Å². The highest BCUT2D eigenvalue weighted by Gasteiger charge is 2.31. The molecule has 0 radical (unpaired) electrons. The summed E-state index contributed by atoms with van der Waals surface area (Å²) in [5, 5.41) is 16.0. The lowest BCUT2D eigenvalue weighted by molar-refractivity contribution is -0.137. The minimum absolute atomic E-state index is 0.0268. The summed E-state index contributed by atoms with van der Waals surface area (Å²) >= 11 is 0. The maximum atomic E-state index is 12.9. The molecule has 28 heavy (non-hydrogen) atoms. The number of carbonyl (C=O) groups excluding carboxylic acids is 1. The smallest absolute Gasteiger partial charge is 0.416 e. The van der Waals surface area contributed by atoms with Crippen molar-refractivity contribution >= 4 is 11.6 Å². The number of hydrogen-bond donors (Lipinski definition) is 2. The van der Waals surface area contributed by atoms with Crippen LogP contribution in [0.15, 0.2) is 48.5 Å². The van der Waals surface area contributed by atoms with Gasteiger partial charge in [0.1, 0.15) is 11.7 Å². The van der Waals surface area contributed by atoms with Crippen molar-refractivity contribution in [2.24, 2.45) is 0 Å². The highest BCUT2D eigenvalue weighted by Crippen LogP contribution is 2.31. The van der Waals surface area contributed by atoms with Crippen molar-refractivity contribution in [3.8, 4) is 5.75 Å². The van der Waals surface area contributed by atoms with Crippen LogP contribution in [0.2, 0.25) is 0 Å².